The molecule has 0 radical (unpaired) electrons. The van der Waals surface area contributed by atoms with Crippen molar-refractivity contribution in [2.24, 2.45) is 5.73 Å². The maximum Gasteiger partial charge on any atom is 0.0584 e. The molecule has 104 valence electrons. The molecule has 3 rings (SSSR count). The van der Waals surface area contributed by atoms with Crippen LogP contribution in [-0.4, -0.2) is 46.5 Å². The van der Waals surface area contributed by atoms with Crippen LogP contribution in [0, 0.1) is 0 Å². The molecule has 2 aliphatic heterocycles. The zero-order valence-corrected chi connectivity index (χ0v) is 11.8. The third kappa shape index (κ3) is 2.66. The van der Waals surface area contributed by atoms with E-state index in [1.165, 1.54) is 38.0 Å². The number of hydrogen-bond donors (Lipinski definition) is 1. The number of pyridine rings is 1. The van der Waals surface area contributed by atoms with Crippen molar-refractivity contribution in [3.8, 4) is 0 Å². The number of nitrogens with zero attached hydrogens (tertiary/aromatic N) is 3. The standard InChI is InChI=1S/C15H24N4/c1-12-9-18-7-3-5-14(18)11-19(12)10-13-4-2-6-17-15(13)8-16/h2,4,6,12,14H,3,5,7-11,16H2,1H3. The molecule has 2 atom stereocenters. The third-order valence-corrected chi connectivity index (χ3v) is 4.62. The summed E-state index contributed by atoms with van der Waals surface area (Å²) in [5.41, 5.74) is 8.13. The quantitative estimate of drug-likeness (QED) is 0.887. The lowest BCUT2D eigenvalue weighted by Crippen LogP contribution is -2.54. The molecule has 2 aliphatic rings. The van der Waals surface area contributed by atoms with E-state index in [1.807, 2.05) is 12.3 Å². The summed E-state index contributed by atoms with van der Waals surface area (Å²) in [5, 5.41) is 0. The van der Waals surface area contributed by atoms with Crippen molar-refractivity contribution in [3.63, 3.8) is 0 Å². The number of fused-ring (bicyclic) bond motifs is 1. The van der Waals surface area contributed by atoms with E-state index in [4.69, 9.17) is 5.73 Å². The Morgan fingerprint density at radius 3 is 3.16 bits per heavy atom. The highest BCUT2D eigenvalue weighted by atomic mass is 15.3. The normalized spacial score (nSPS) is 28.5. The first kappa shape index (κ1) is 13.0. The van der Waals surface area contributed by atoms with Gasteiger partial charge in [-0.1, -0.05) is 6.07 Å². The molecule has 0 saturated carbocycles. The maximum atomic E-state index is 5.79. The van der Waals surface area contributed by atoms with Crippen LogP contribution in [0.4, 0.5) is 0 Å². The zero-order valence-electron chi connectivity index (χ0n) is 11.8. The fourth-order valence-electron chi connectivity index (χ4n) is 3.49. The molecular formula is C15H24N4. The van der Waals surface area contributed by atoms with Crippen LogP contribution in [0.15, 0.2) is 18.3 Å². The second kappa shape index (κ2) is 5.57. The Hall–Kier alpha value is -0.970. The molecule has 1 aromatic rings. The minimum Gasteiger partial charge on any atom is -0.325 e. The van der Waals surface area contributed by atoms with Crippen molar-refractivity contribution in [2.75, 3.05) is 19.6 Å². The number of rotatable bonds is 3. The third-order valence-electron chi connectivity index (χ3n) is 4.62. The smallest absolute Gasteiger partial charge is 0.0584 e. The molecule has 2 fully saturated rings. The van der Waals surface area contributed by atoms with Gasteiger partial charge >= 0.3 is 0 Å². The van der Waals surface area contributed by atoms with Crippen LogP contribution < -0.4 is 5.73 Å². The van der Waals surface area contributed by atoms with Crippen LogP contribution in [0.5, 0.6) is 0 Å². The Bertz CT molecular complexity index is 434. The van der Waals surface area contributed by atoms with Gasteiger partial charge in [0.25, 0.3) is 0 Å². The Labute approximate surface area is 115 Å². The second-order valence-electron chi connectivity index (χ2n) is 5.88. The average Bonchev–Trinajstić information content (AvgIpc) is 2.87. The van der Waals surface area contributed by atoms with Gasteiger partial charge < -0.3 is 5.73 Å². The number of aromatic nitrogens is 1. The van der Waals surface area contributed by atoms with Gasteiger partial charge in [-0.3, -0.25) is 14.8 Å². The molecule has 2 unspecified atom stereocenters. The van der Waals surface area contributed by atoms with Gasteiger partial charge in [0.15, 0.2) is 0 Å². The van der Waals surface area contributed by atoms with Gasteiger partial charge in [0.1, 0.15) is 0 Å². The molecule has 0 bridgehead atoms. The summed E-state index contributed by atoms with van der Waals surface area (Å²) < 4.78 is 0. The number of hydrogen-bond acceptors (Lipinski definition) is 4. The first-order valence-corrected chi connectivity index (χ1v) is 7.39. The van der Waals surface area contributed by atoms with E-state index in [0.717, 1.165) is 18.3 Å². The van der Waals surface area contributed by atoms with Gasteiger partial charge in [-0.2, -0.15) is 0 Å². The SMILES string of the molecule is CC1CN2CCCC2CN1Cc1cccnc1CN. The van der Waals surface area contributed by atoms with Crippen molar-refractivity contribution in [3.05, 3.63) is 29.6 Å². The van der Waals surface area contributed by atoms with Crippen LogP contribution in [-0.2, 0) is 13.1 Å². The monoisotopic (exact) mass is 260 g/mol. The Morgan fingerprint density at radius 1 is 1.42 bits per heavy atom. The van der Waals surface area contributed by atoms with E-state index in [2.05, 4.69) is 27.8 Å². The lowest BCUT2D eigenvalue weighted by molar-refractivity contribution is 0.0538. The molecule has 2 saturated heterocycles. The molecule has 0 aliphatic carbocycles. The van der Waals surface area contributed by atoms with Crippen molar-refractivity contribution in [2.45, 2.75) is 44.9 Å². The number of piperazine rings is 1. The van der Waals surface area contributed by atoms with Crippen LogP contribution >= 0.6 is 0 Å². The van der Waals surface area contributed by atoms with Crippen LogP contribution in [0.1, 0.15) is 31.0 Å². The molecule has 4 nitrogen and oxygen atoms in total. The van der Waals surface area contributed by atoms with Gasteiger partial charge in [0.2, 0.25) is 0 Å². The predicted molar refractivity (Wildman–Crippen MR) is 76.6 cm³/mol. The minimum absolute atomic E-state index is 0.536. The molecular weight excluding hydrogens is 236 g/mol. The Balaban J connectivity index is 1.72. The highest BCUT2D eigenvalue weighted by molar-refractivity contribution is 5.19. The Morgan fingerprint density at radius 2 is 2.32 bits per heavy atom. The molecule has 0 aromatic carbocycles. The fourth-order valence-corrected chi connectivity index (χ4v) is 3.49. The van der Waals surface area contributed by atoms with Gasteiger partial charge in [-0.05, 0) is 37.9 Å². The summed E-state index contributed by atoms with van der Waals surface area (Å²) in [6.45, 7) is 7.57. The van der Waals surface area contributed by atoms with Crippen LogP contribution in [0.3, 0.4) is 0 Å². The zero-order chi connectivity index (χ0) is 13.2. The lowest BCUT2D eigenvalue weighted by atomic mass is 10.1. The fraction of sp³-hybridized carbons (Fsp3) is 0.667. The highest BCUT2D eigenvalue weighted by Crippen LogP contribution is 2.25. The topological polar surface area (TPSA) is 45.4 Å². The molecule has 2 N–H and O–H groups in total. The van der Waals surface area contributed by atoms with Gasteiger partial charge in [-0.15, -0.1) is 0 Å². The summed E-state index contributed by atoms with van der Waals surface area (Å²) in [6.07, 6.45) is 4.57. The summed E-state index contributed by atoms with van der Waals surface area (Å²) in [7, 11) is 0. The first-order valence-electron chi connectivity index (χ1n) is 7.39. The van der Waals surface area contributed by atoms with E-state index in [0.29, 0.717) is 12.6 Å². The van der Waals surface area contributed by atoms with Gasteiger partial charge in [0, 0.05) is 44.5 Å². The molecule has 0 spiro atoms. The molecule has 3 heterocycles. The van der Waals surface area contributed by atoms with Crippen LogP contribution in [0.25, 0.3) is 0 Å². The minimum atomic E-state index is 0.536. The van der Waals surface area contributed by atoms with Crippen LogP contribution in [0.2, 0.25) is 0 Å². The average molecular weight is 260 g/mol. The van der Waals surface area contributed by atoms with Crippen molar-refractivity contribution in [1.82, 2.24) is 14.8 Å². The largest absolute Gasteiger partial charge is 0.325 e. The summed E-state index contributed by atoms with van der Waals surface area (Å²) in [6, 6.07) is 5.59. The Kier molecular flexibility index (Phi) is 3.82. The second-order valence-corrected chi connectivity index (χ2v) is 5.88. The highest BCUT2D eigenvalue weighted by Gasteiger charge is 2.34. The maximum absolute atomic E-state index is 5.79. The lowest BCUT2D eigenvalue weighted by Gasteiger charge is -2.42. The van der Waals surface area contributed by atoms with Crippen molar-refractivity contribution >= 4 is 0 Å². The first-order chi connectivity index (χ1) is 9.28. The van der Waals surface area contributed by atoms with Crippen molar-refractivity contribution < 1.29 is 0 Å². The summed E-state index contributed by atoms with van der Waals surface area (Å²) in [5.74, 6) is 0. The van der Waals surface area contributed by atoms with Crippen molar-refractivity contribution in [1.29, 1.82) is 0 Å². The van der Waals surface area contributed by atoms with E-state index in [9.17, 15) is 0 Å². The molecule has 1 aromatic heterocycles. The van der Waals surface area contributed by atoms with E-state index in [1.54, 1.807) is 0 Å². The van der Waals surface area contributed by atoms with E-state index >= 15 is 0 Å². The molecule has 4 heteroatoms. The van der Waals surface area contributed by atoms with E-state index in [-0.39, 0.29) is 0 Å². The van der Waals surface area contributed by atoms with Gasteiger partial charge in [-0.25, -0.2) is 0 Å². The number of nitrogens with two attached hydrogens (primary N) is 1. The van der Waals surface area contributed by atoms with E-state index < -0.39 is 0 Å². The molecule has 19 heavy (non-hydrogen) atoms. The van der Waals surface area contributed by atoms with Gasteiger partial charge in [0.05, 0.1) is 5.69 Å². The molecule has 0 amide bonds. The predicted octanol–water partition coefficient (Wildman–Crippen LogP) is 1.21. The summed E-state index contributed by atoms with van der Waals surface area (Å²) >= 11 is 0. The summed E-state index contributed by atoms with van der Waals surface area (Å²) in [4.78, 5) is 9.65.